The Morgan fingerprint density at radius 2 is 1.81 bits per heavy atom. The van der Waals surface area contributed by atoms with Crippen molar-refractivity contribution in [1.82, 2.24) is 0 Å². The van der Waals surface area contributed by atoms with Gasteiger partial charge in [0.05, 0.1) is 19.8 Å². The van der Waals surface area contributed by atoms with Crippen LogP contribution in [0.4, 0.5) is 10.1 Å². The van der Waals surface area contributed by atoms with Gasteiger partial charge < -0.3 is 19.9 Å². The third kappa shape index (κ3) is 3.22. The second kappa shape index (κ2) is 6.13. The molecule has 2 aromatic carbocycles. The predicted octanol–water partition coefficient (Wildman–Crippen LogP) is 2.80. The highest BCUT2D eigenvalue weighted by molar-refractivity contribution is 6.06. The van der Waals surface area contributed by atoms with Gasteiger partial charge in [0.1, 0.15) is 11.6 Å². The molecule has 2 rings (SSSR count). The number of phenolic OH excluding ortho intramolecular Hbond substituents is 1. The normalized spacial score (nSPS) is 10.0. The smallest absolute Gasteiger partial charge is 0.259 e. The van der Waals surface area contributed by atoms with Gasteiger partial charge in [-0.3, -0.25) is 4.79 Å². The van der Waals surface area contributed by atoms with Crippen molar-refractivity contribution in [3.05, 3.63) is 47.8 Å². The quantitative estimate of drug-likeness (QED) is 0.909. The third-order valence-corrected chi connectivity index (χ3v) is 2.84. The zero-order valence-corrected chi connectivity index (χ0v) is 11.5. The molecule has 0 bridgehead atoms. The fourth-order valence-corrected chi connectivity index (χ4v) is 1.80. The Balaban J connectivity index is 2.25. The van der Waals surface area contributed by atoms with E-state index < -0.39 is 11.7 Å². The van der Waals surface area contributed by atoms with Crippen LogP contribution in [-0.2, 0) is 0 Å². The first-order valence-electron chi connectivity index (χ1n) is 6.07. The van der Waals surface area contributed by atoms with E-state index in [0.29, 0.717) is 17.2 Å². The molecule has 0 heterocycles. The van der Waals surface area contributed by atoms with Gasteiger partial charge >= 0.3 is 0 Å². The first-order valence-corrected chi connectivity index (χ1v) is 6.07. The molecule has 2 aromatic rings. The van der Waals surface area contributed by atoms with Gasteiger partial charge in [-0.25, -0.2) is 4.39 Å². The molecular weight excluding hydrogens is 277 g/mol. The lowest BCUT2D eigenvalue weighted by Gasteiger charge is -2.11. The minimum atomic E-state index is -0.626. The molecule has 0 radical (unpaired) electrons. The van der Waals surface area contributed by atoms with Crippen molar-refractivity contribution in [2.75, 3.05) is 19.5 Å². The van der Waals surface area contributed by atoms with Crippen LogP contribution >= 0.6 is 0 Å². The number of ether oxygens (including phenoxy) is 2. The van der Waals surface area contributed by atoms with E-state index in [1.165, 1.54) is 14.2 Å². The van der Waals surface area contributed by atoms with Crippen LogP contribution in [0.5, 0.6) is 17.2 Å². The fourth-order valence-electron chi connectivity index (χ4n) is 1.80. The van der Waals surface area contributed by atoms with Crippen LogP contribution in [0.15, 0.2) is 36.4 Å². The van der Waals surface area contributed by atoms with Crippen LogP contribution in [0, 0.1) is 5.82 Å². The number of rotatable bonds is 4. The van der Waals surface area contributed by atoms with Gasteiger partial charge in [0, 0.05) is 11.8 Å². The van der Waals surface area contributed by atoms with Crippen LogP contribution in [0.2, 0.25) is 0 Å². The standard InChI is InChI=1S/C15H14FNO4/c1-20-13-6-4-10(8-14(13)21-2)17-15(19)11-7-9(16)3-5-12(11)18/h3-8,18H,1-2H3,(H,17,19). The van der Waals surface area contributed by atoms with Crippen LogP contribution in [0.25, 0.3) is 0 Å². The van der Waals surface area contributed by atoms with Gasteiger partial charge in [0.15, 0.2) is 11.5 Å². The van der Waals surface area contributed by atoms with E-state index in [0.717, 1.165) is 18.2 Å². The fraction of sp³-hybridized carbons (Fsp3) is 0.133. The maximum atomic E-state index is 13.1. The Kier molecular flexibility index (Phi) is 4.27. The first-order chi connectivity index (χ1) is 10.0. The molecule has 0 saturated carbocycles. The molecule has 0 aliphatic rings. The molecule has 0 saturated heterocycles. The molecule has 2 N–H and O–H groups in total. The molecule has 0 aromatic heterocycles. The Morgan fingerprint density at radius 3 is 2.48 bits per heavy atom. The van der Waals surface area contributed by atoms with Gasteiger partial charge in [-0.2, -0.15) is 0 Å². The van der Waals surface area contributed by atoms with E-state index in [1.54, 1.807) is 18.2 Å². The van der Waals surface area contributed by atoms with Crippen molar-refractivity contribution in [3.8, 4) is 17.2 Å². The van der Waals surface area contributed by atoms with E-state index in [9.17, 15) is 14.3 Å². The number of amides is 1. The van der Waals surface area contributed by atoms with Gasteiger partial charge in [-0.05, 0) is 30.3 Å². The third-order valence-electron chi connectivity index (χ3n) is 2.84. The summed E-state index contributed by atoms with van der Waals surface area (Å²) >= 11 is 0. The molecule has 21 heavy (non-hydrogen) atoms. The van der Waals surface area contributed by atoms with Crippen molar-refractivity contribution < 1.29 is 23.8 Å². The van der Waals surface area contributed by atoms with E-state index in [1.807, 2.05) is 0 Å². The number of benzene rings is 2. The van der Waals surface area contributed by atoms with Crippen molar-refractivity contribution in [3.63, 3.8) is 0 Å². The topological polar surface area (TPSA) is 67.8 Å². The number of methoxy groups -OCH3 is 2. The van der Waals surface area contributed by atoms with Gasteiger partial charge in [0.25, 0.3) is 5.91 Å². The lowest BCUT2D eigenvalue weighted by molar-refractivity contribution is 0.102. The van der Waals surface area contributed by atoms with Crippen LogP contribution in [0.3, 0.4) is 0 Å². The maximum Gasteiger partial charge on any atom is 0.259 e. The summed E-state index contributed by atoms with van der Waals surface area (Å²) in [5.41, 5.74) is 0.283. The van der Waals surface area contributed by atoms with E-state index >= 15 is 0 Å². The highest BCUT2D eigenvalue weighted by atomic mass is 19.1. The summed E-state index contributed by atoms with van der Waals surface area (Å²) in [7, 11) is 2.97. The second-order valence-electron chi connectivity index (χ2n) is 4.19. The Bertz CT molecular complexity index is 673. The first kappa shape index (κ1) is 14.6. The van der Waals surface area contributed by atoms with Crippen LogP contribution in [0.1, 0.15) is 10.4 Å². The zero-order valence-electron chi connectivity index (χ0n) is 11.5. The number of phenols is 1. The molecule has 110 valence electrons. The van der Waals surface area contributed by atoms with Gasteiger partial charge in [0.2, 0.25) is 0 Å². The number of halogens is 1. The molecule has 0 spiro atoms. The van der Waals surface area contributed by atoms with Crippen molar-refractivity contribution in [2.24, 2.45) is 0 Å². The number of anilines is 1. The summed E-state index contributed by atoms with van der Waals surface area (Å²) in [6.07, 6.45) is 0. The summed E-state index contributed by atoms with van der Waals surface area (Å²) in [6.45, 7) is 0. The van der Waals surface area contributed by atoms with Gasteiger partial charge in [-0.1, -0.05) is 0 Å². The number of carbonyl (C=O) groups is 1. The number of aromatic hydroxyl groups is 1. The molecule has 0 atom stereocenters. The highest BCUT2D eigenvalue weighted by Gasteiger charge is 2.13. The lowest BCUT2D eigenvalue weighted by Crippen LogP contribution is -2.12. The minimum absolute atomic E-state index is 0.148. The van der Waals surface area contributed by atoms with Crippen molar-refractivity contribution in [2.45, 2.75) is 0 Å². The molecule has 0 fully saturated rings. The largest absolute Gasteiger partial charge is 0.507 e. The van der Waals surface area contributed by atoms with E-state index in [-0.39, 0.29) is 11.3 Å². The number of hydrogen-bond acceptors (Lipinski definition) is 4. The van der Waals surface area contributed by atoms with Crippen LogP contribution < -0.4 is 14.8 Å². The average molecular weight is 291 g/mol. The molecular formula is C15H14FNO4. The summed E-state index contributed by atoms with van der Waals surface area (Å²) in [6, 6.07) is 7.95. The zero-order chi connectivity index (χ0) is 15.4. The van der Waals surface area contributed by atoms with Crippen LogP contribution in [-0.4, -0.2) is 25.2 Å². The molecule has 0 aliphatic carbocycles. The molecule has 0 unspecified atom stereocenters. The summed E-state index contributed by atoms with van der Waals surface area (Å²) in [5.74, 6) is -0.568. The predicted molar refractivity (Wildman–Crippen MR) is 75.6 cm³/mol. The highest BCUT2D eigenvalue weighted by Crippen LogP contribution is 2.30. The molecule has 1 amide bonds. The van der Waals surface area contributed by atoms with E-state index in [2.05, 4.69) is 5.32 Å². The maximum absolute atomic E-state index is 13.1. The Labute approximate surface area is 120 Å². The second-order valence-corrected chi connectivity index (χ2v) is 4.19. The van der Waals surface area contributed by atoms with Crippen molar-refractivity contribution >= 4 is 11.6 Å². The van der Waals surface area contributed by atoms with E-state index in [4.69, 9.17) is 9.47 Å². The summed E-state index contributed by atoms with van der Waals surface area (Å²) in [4.78, 5) is 12.0. The summed E-state index contributed by atoms with van der Waals surface area (Å²) < 4.78 is 23.3. The van der Waals surface area contributed by atoms with Crippen molar-refractivity contribution in [1.29, 1.82) is 0 Å². The Morgan fingerprint density at radius 1 is 1.10 bits per heavy atom. The lowest BCUT2D eigenvalue weighted by atomic mass is 10.1. The average Bonchev–Trinajstić information content (AvgIpc) is 2.49. The molecule has 0 aliphatic heterocycles. The summed E-state index contributed by atoms with van der Waals surface area (Å²) in [5, 5.41) is 12.1. The molecule has 6 heteroatoms. The number of carbonyl (C=O) groups excluding carboxylic acids is 1. The minimum Gasteiger partial charge on any atom is -0.507 e. The Hall–Kier alpha value is -2.76. The number of nitrogens with one attached hydrogen (secondary N) is 1. The molecule has 5 nitrogen and oxygen atoms in total. The number of hydrogen-bond donors (Lipinski definition) is 2. The monoisotopic (exact) mass is 291 g/mol. The van der Waals surface area contributed by atoms with Gasteiger partial charge in [-0.15, -0.1) is 0 Å². The SMILES string of the molecule is COc1ccc(NC(=O)c2cc(F)ccc2O)cc1OC.